The molecule has 118 valence electrons. The Morgan fingerprint density at radius 1 is 1.14 bits per heavy atom. The second-order valence-electron chi connectivity index (χ2n) is 4.03. The van der Waals surface area contributed by atoms with Crippen LogP contribution in [0.1, 0.15) is 19.4 Å². The Kier molecular flexibility index (Phi) is 7.91. The summed E-state index contributed by atoms with van der Waals surface area (Å²) < 4.78 is 32.3. The first kappa shape index (κ1) is 18.1. The van der Waals surface area contributed by atoms with Gasteiger partial charge in [0.05, 0.1) is 22.7 Å². The van der Waals surface area contributed by atoms with Crippen LogP contribution in [0, 0.1) is 0 Å². The first-order chi connectivity index (χ1) is 10.0. The highest BCUT2D eigenvalue weighted by Crippen LogP contribution is 2.47. The van der Waals surface area contributed by atoms with E-state index in [1.807, 2.05) is 0 Å². The van der Waals surface area contributed by atoms with E-state index in [0.717, 1.165) is 5.56 Å². The molecule has 0 heterocycles. The zero-order chi connectivity index (χ0) is 15.7. The summed E-state index contributed by atoms with van der Waals surface area (Å²) in [6.45, 7) is 3.88. The first-order valence-electron chi connectivity index (χ1n) is 6.52. The zero-order valence-electron chi connectivity index (χ0n) is 12.1. The van der Waals surface area contributed by atoms with E-state index in [1.54, 1.807) is 38.1 Å². The number of rotatable bonds is 9. The van der Waals surface area contributed by atoms with Gasteiger partial charge in [0, 0.05) is 0 Å². The van der Waals surface area contributed by atoms with Crippen LogP contribution >= 0.6 is 17.1 Å². The van der Waals surface area contributed by atoms with Crippen LogP contribution in [-0.4, -0.2) is 25.3 Å². The van der Waals surface area contributed by atoms with Crippen molar-refractivity contribution in [3.8, 4) is 5.75 Å². The van der Waals surface area contributed by atoms with Crippen molar-refractivity contribution in [3.63, 3.8) is 0 Å². The van der Waals surface area contributed by atoms with Gasteiger partial charge in [-0.05, 0) is 31.5 Å². The highest BCUT2D eigenvalue weighted by molar-refractivity contribution is 7.54. The van der Waals surface area contributed by atoms with Crippen LogP contribution in [0.4, 0.5) is 0 Å². The van der Waals surface area contributed by atoms with Crippen molar-refractivity contribution in [1.82, 2.24) is 0 Å². The minimum Gasteiger partial charge on any atom is -0.480 e. The van der Waals surface area contributed by atoms with Crippen molar-refractivity contribution in [1.29, 1.82) is 0 Å². The smallest absolute Gasteiger partial charge is 0.341 e. The van der Waals surface area contributed by atoms with Crippen LogP contribution in [0.5, 0.6) is 5.75 Å². The number of carbonyl (C=O) groups is 1. The minimum absolute atomic E-state index is 0.0915. The van der Waals surface area contributed by atoms with Crippen molar-refractivity contribution in [2.45, 2.75) is 20.5 Å². The fourth-order valence-corrected chi connectivity index (χ4v) is 3.16. The van der Waals surface area contributed by atoms with Gasteiger partial charge in [-0.15, -0.1) is 0 Å². The number of benzene rings is 1. The molecule has 1 unspecified atom stereocenters. The monoisotopic (exact) mass is 334 g/mol. The quantitative estimate of drug-likeness (QED) is 0.510. The van der Waals surface area contributed by atoms with E-state index in [0.29, 0.717) is 5.75 Å². The normalized spacial score (nSPS) is 11.2. The van der Waals surface area contributed by atoms with Crippen molar-refractivity contribution in [2.75, 3.05) is 19.4 Å². The molecule has 0 aliphatic heterocycles. The molecule has 0 aromatic heterocycles. The van der Waals surface area contributed by atoms with E-state index in [2.05, 4.69) is 9.47 Å². The number of carbonyl (C=O) groups excluding carboxylic acids is 1. The maximum atomic E-state index is 12.2. The van der Waals surface area contributed by atoms with Gasteiger partial charge >= 0.3 is 13.6 Å². The molecule has 1 rings (SSSR count). The molecular formula is C13H20O6P2. The van der Waals surface area contributed by atoms with Crippen LogP contribution in [0.15, 0.2) is 24.3 Å². The summed E-state index contributed by atoms with van der Waals surface area (Å²) in [5.41, 5.74) is 0.803. The van der Waals surface area contributed by atoms with E-state index in [4.69, 9.17) is 18.3 Å². The molecule has 21 heavy (non-hydrogen) atoms. The molecule has 0 amide bonds. The molecule has 0 saturated carbocycles. The Hall–Kier alpha value is -0.930. The predicted octanol–water partition coefficient (Wildman–Crippen LogP) is 3.16. The predicted molar refractivity (Wildman–Crippen MR) is 82.3 cm³/mol. The fourth-order valence-electron chi connectivity index (χ4n) is 1.55. The third-order valence-electron chi connectivity index (χ3n) is 2.43. The van der Waals surface area contributed by atoms with E-state index in [9.17, 15) is 9.36 Å². The van der Waals surface area contributed by atoms with E-state index >= 15 is 0 Å². The van der Waals surface area contributed by atoms with E-state index in [-0.39, 0.29) is 26.0 Å². The molecule has 6 nitrogen and oxygen atoms in total. The van der Waals surface area contributed by atoms with Gasteiger partial charge in [0.1, 0.15) is 18.5 Å². The van der Waals surface area contributed by atoms with E-state index in [1.165, 1.54) is 0 Å². The number of hydrogen-bond acceptors (Lipinski definition) is 6. The summed E-state index contributed by atoms with van der Waals surface area (Å²) >= 11 is 0. The van der Waals surface area contributed by atoms with Crippen molar-refractivity contribution >= 4 is 23.0 Å². The lowest BCUT2D eigenvalue weighted by molar-refractivity contribution is -0.142. The van der Waals surface area contributed by atoms with Crippen LogP contribution in [-0.2, 0) is 29.8 Å². The third-order valence-corrected chi connectivity index (χ3v) is 4.65. The summed E-state index contributed by atoms with van der Waals surface area (Å²) in [6.07, 6.45) is -0.387. The lowest BCUT2D eigenvalue weighted by Gasteiger charge is -2.16. The van der Waals surface area contributed by atoms with Gasteiger partial charge in [-0.2, -0.15) is 0 Å². The first-order valence-corrected chi connectivity index (χ1v) is 8.72. The molecule has 1 atom stereocenters. The maximum absolute atomic E-state index is 12.2. The highest BCUT2D eigenvalue weighted by atomic mass is 31.2. The van der Waals surface area contributed by atoms with Crippen LogP contribution in [0.25, 0.3) is 0 Å². The van der Waals surface area contributed by atoms with Gasteiger partial charge in [0.25, 0.3) is 0 Å². The molecule has 0 saturated heterocycles. The molecule has 0 spiro atoms. The molecule has 0 radical (unpaired) electrons. The third kappa shape index (κ3) is 6.58. The van der Waals surface area contributed by atoms with Crippen molar-refractivity contribution in [3.05, 3.63) is 29.8 Å². The molecule has 0 bridgehead atoms. The summed E-state index contributed by atoms with van der Waals surface area (Å²) in [6, 6.07) is 7.05. The Bertz CT molecular complexity index is 478. The number of esters is 1. The zero-order valence-corrected chi connectivity index (χ0v) is 14.2. The van der Waals surface area contributed by atoms with Gasteiger partial charge in [0.2, 0.25) is 0 Å². The minimum atomic E-state index is -3.41. The second kappa shape index (κ2) is 9.16. The summed E-state index contributed by atoms with van der Waals surface area (Å²) in [7, 11) is -1.26. The van der Waals surface area contributed by atoms with Crippen molar-refractivity contribution < 1.29 is 27.7 Å². The summed E-state index contributed by atoms with van der Waals surface area (Å²) in [5.74, 6) is 0.0684. The summed E-state index contributed by atoms with van der Waals surface area (Å²) in [4.78, 5) is 11.7. The largest absolute Gasteiger partial charge is 0.480 e. The lowest BCUT2D eigenvalue weighted by atomic mass is 10.2. The van der Waals surface area contributed by atoms with Gasteiger partial charge in [-0.3, -0.25) is 9.36 Å². The van der Waals surface area contributed by atoms with Crippen LogP contribution < -0.4 is 4.52 Å². The molecule has 0 fully saturated rings. The Labute approximate surface area is 126 Å². The fraction of sp³-hybridized carbons (Fsp3) is 0.462. The van der Waals surface area contributed by atoms with Gasteiger partial charge in [0.15, 0.2) is 0 Å². The van der Waals surface area contributed by atoms with Gasteiger partial charge in [-0.1, -0.05) is 12.1 Å². The SMILES string of the molecule is CCOP(=O)(CC(=O)OCc1ccc(OP)cc1)OCC. The molecule has 8 heteroatoms. The van der Waals surface area contributed by atoms with Crippen LogP contribution in [0.2, 0.25) is 0 Å². The standard InChI is InChI=1S/C13H20O6P2/c1-3-17-21(15,18-4-2)10-13(14)16-9-11-5-7-12(19-20)8-6-11/h5-8H,3-4,9-10,20H2,1-2H3. The number of ether oxygens (including phenoxy) is 1. The molecule has 0 aliphatic carbocycles. The summed E-state index contributed by atoms with van der Waals surface area (Å²) in [5, 5.41) is 0. The highest BCUT2D eigenvalue weighted by Gasteiger charge is 2.28. The molecule has 0 aliphatic rings. The van der Waals surface area contributed by atoms with Crippen molar-refractivity contribution in [2.24, 2.45) is 0 Å². The average Bonchev–Trinajstić information content (AvgIpc) is 2.46. The average molecular weight is 334 g/mol. The lowest BCUT2D eigenvalue weighted by Crippen LogP contribution is -2.13. The molecule has 1 aromatic carbocycles. The molecular weight excluding hydrogens is 314 g/mol. The Balaban J connectivity index is 2.50. The van der Waals surface area contributed by atoms with Gasteiger partial charge < -0.3 is 18.3 Å². The molecule has 0 N–H and O–H groups in total. The van der Waals surface area contributed by atoms with Gasteiger partial charge in [-0.25, -0.2) is 0 Å². The Morgan fingerprint density at radius 2 is 1.71 bits per heavy atom. The number of hydrogen-bond donors (Lipinski definition) is 0. The molecule has 1 aromatic rings. The topological polar surface area (TPSA) is 71.1 Å². The van der Waals surface area contributed by atoms with Crippen LogP contribution in [0.3, 0.4) is 0 Å². The Morgan fingerprint density at radius 3 is 2.19 bits per heavy atom. The second-order valence-corrected chi connectivity index (χ2v) is 6.32. The maximum Gasteiger partial charge on any atom is 0.341 e. The van der Waals surface area contributed by atoms with E-state index < -0.39 is 13.6 Å².